The minimum absolute atomic E-state index is 0.0736. The Hall–Kier alpha value is -4.59. The number of aromatic amines is 1. The number of likely N-dealkylation sites (tertiary alicyclic amines) is 1. The number of aromatic nitrogens is 1. The first-order valence-corrected chi connectivity index (χ1v) is 15.1. The topological polar surface area (TPSA) is 106 Å². The molecule has 4 N–H and O–H groups in total. The number of hydrogen-bond acceptors (Lipinski definition) is 5. The number of amides is 1. The average Bonchev–Trinajstić information content (AvgIpc) is 3.69. The number of fused-ring (bicyclic) bond motifs is 2. The van der Waals surface area contributed by atoms with Crippen LogP contribution in [0.4, 0.5) is 0 Å². The molecule has 4 unspecified atom stereocenters. The van der Waals surface area contributed by atoms with Crippen molar-refractivity contribution < 1.29 is 24.9 Å². The van der Waals surface area contributed by atoms with Gasteiger partial charge in [-0.2, -0.15) is 0 Å². The summed E-state index contributed by atoms with van der Waals surface area (Å²) in [6, 6.07) is 32.7. The normalized spacial score (nSPS) is 24.2. The second-order valence-corrected chi connectivity index (χ2v) is 12.2. The molecule has 1 aliphatic heterocycles. The summed E-state index contributed by atoms with van der Waals surface area (Å²) in [6.45, 7) is 0.676. The number of aromatic hydroxyl groups is 1. The van der Waals surface area contributed by atoms with E-state index in [0.29, 0.717) is 17.9 Å². The number of nitrogens with one attached hydrogen (secondary N) is 1. The van der Waals surface area contributed by atoms with Crippen molar-refractivity contribution in [3.63, 3.8) is 0 Å². The molecule has 2 heterocycles. The number of benzene rings is 4. The molecule has 2 aliphatic rings. The highest BCUT2D eigenvalue weighted by atomic mass is 16.5. The number of nitrogens with zero attached hydrogens (tertiary/aromatic N) is 1. The van der Waals surface area contributed by atoms with Gasteiger partial charge < -0.3 is 29.9 Å². The second-order valence-electron chi connectivity index (χ2n) is 12.2. The van der Waals surface area contributed by atoms with Gasteiger partial charge in [-0.25, -0.2) is 0 Å². The molecule has 4 aromatic carbocycles. The fourth-order valence-electron chi connectivity index (χ4n) is 8.06. The van der Waals surface area contributed by atoms with Gasteiger partial charge in [-0.05, 0) is 53.3 Å². The fourth-order valence-corrected chi connectivity index (χ4v) is 8.06. The van der Waals surface area contributed by atoms with Crippen LogP contribution >= 0.6 is 0 Å². The van der Waals surface area contributed by atoms with E-state index in [1.807, 2.05) is 65.7 Å². The molecule has 5 aromatic rings. The smallest absolute Gasteiger partial charge is 0.227 e. The van der Waals surface area contributed by atoms with Crippen molar-refractivity contribution in [1.29, 1.82) is 0 Å². The lowest BCUT2D eigenvalue weighted by Gasteiger charge is -2.55. The molecule has 7 nitrogen and oxygen atoms in total. The molecule has 0 radical (unpaired) electrons. The van der Waals surface area contributed by atoms with E-state index in [2.05, 4.69) is 29.2 Å². The molecule has 0 spiro atoms. The van der Waals surface area contributed by atoms with Crippen LogP contribution in [0.3, 0.4) is 0 Å². The van der Waals surface area contributed by atoms with E-state index in [9.17, 15) is 20.1 Å². The van der Waals surface area contributed by atoms with E-state index < -0.39 is 23.0 Å². The zero-order valence-corrected chi connectivity index (χ0v) is 24.6. The van der Waals surface area contributed by atoms with E-state index in [-0.39, 0.29) is 37.0 Å². The highest BCUT2D eigenvalue weighted by molar-refractivity contribution is 5.90. The zero-order valence-electron chi connectivity index (χ0n) is 24.6. The van der Waals surface area contributed by atoms with Crippen LogP contribution in [-0.4, -0.2) is 57.4 Å². The van der Waals surface area contributed by atoms with Crippen molar-refractivity contribution in [3.05, 3.63) is 132 Å². The molecular formula is C37H36N2O5. The van der Waals surface area contributed by atoms with Crippen LogP contribution in [0, 0.1) is 11.8 Å². The lowest BCUT2D eigenvalue weighted by atomic mass is 9.51. The van der Waals surface area contributed by atoms with Gasteiger partial charge in [0.15, 0.2) is 0 Å². The summed E-state index contributed by atoms with van der Waals surface area (Å²) in [7, 11) is 1.57. The number of carbonyl (C=O) groups is 1. The van der Waals surface area contributed by atoms with Gasteiger partial charge in [0.2, 0.25) is 5.91 Å². The summed E-state index contributed by atoms with van der Waals surface area (Å²) in [4.78, 5) is 19.1. The maximum atomic E-state index is 14.1. The highest BCUT2D eigenvalue weighted by Crippen LogP contribution is 2.60. The lowest BCUT2D eigenvalue weighted by Crippen LogP contribution is -2.60. The number of aliphatic hydroxyl groups excluding tert-OH is 1. The molecule has 1 saturated heterocycles. The molecule has 224 valence electrons. The van der Waals surface area contributed by atoms with Gasteiger partial charge in [-0.3, -0.25) is 4.79 Å². The summed E-state index contributed by atoms with van der Waals surface area (Å²) < 4.78 is 5.70. The third kappa shape index (κ3) is 4.30. The first kappa shape index (κ1) is 28.2. The monoisotopic (exact) mass is 588 g/mol. The van der Waals surface area contributed by atoms with Gasteiger partial charge in [0.05, 0.1) is 19.6 Å². The molecule has 1 aliphatic carbocycles. The number of phenols is 1. The molecule has 0 bridgehead atoms. The minimum atomic E-state index is -1.66. The number of rotatable bonds is 6. The zero-order chi connectivity index (χ0) is 30.5. The Morgan fingerprint density at radius 2 is 1.55 bits per heavy atom. The highest BCUT2D eigenvalue weighted by Gasteiger charge is 2.64. The van der Waals surface area contributed by atoms with E-state index in [4.69, 9.17) is 4.74 Å². The van der Waals surface area contributed by atoms with Crippen molar-refractivity contribution in [2.24, 2.45) is 11.8 Å². The van der Waals surface area contributed by atoms with Crippen molar-refractivity contribution in [3.8, 4) is 11.5 Å². The standard InChI is InChI=1S/C37H36N2O5/c1-44-33-15-9-8-14-29(33)37(43)31-23-39(35(42)18-24-21-38-32-17-16-27(40)19-28(24)32)22-30(31)36(20-34(37)41,25-10-4-2-5-11-25)26-12-6-3-7-13-26/h2-17,19,21,30-31,34,38,40-41,43H,18,20,22-23H2,1H3. The van der Waals surface area contributed by atoms with Gasteiger partial charge in [0, 0.05) is 47.1 Å². The van der Waals surface area contributed by atoms with Gasteiger partial charge in [0.25, 0.3) is 0 Å². The molecule has 2 fully saturated rings. The van der Waals surface area contributed by atoms with Crippen LogP contribution in [0.25, 0.3) is 10.9 Å². The first-order valence-electron chi connectivity index (χ1n) is 15.1. The predicted octanol–water partition coefficient (Wildman–Crippen LogP) is 5.14. The summed E-state index contributed by atoms with van der Waals surface area (Å²) in [6.07, 6.45) is 1.08. The van der Waals surface area contributed by atoms with Gasteiger partial charge in [0.1, 0.15) is 17.1 Å². The Labute approximate surface area is 256 Å². The van der Waals surface area contributed by atoms with Crippen molar-refractivity contribution >= 4 is 16.8 Å². The summed E-state index contributed by atoms with van der Waals surface area (Å²) in [5, 5.41) is 35.8. The van der Waals surface area contributed by atoms with Gasteiger partial charge >= 0.3 is 0 Å². The van der Waals surface area contributed by atoms with Crippen LogP contribution in [-0.2, 0) is 22.2 Å². The SMILES string of the molecule is COc1ccccc1C1(O)C(O)CC(c2ccccc2)(c2ccccc2)C2CN(C(=O)Cc3c[nH]c4ccc(O)cc34)CC21. The van der Waals surface area contributed by atoms with Crippen LogP contribution < -0.4 is 4.74 Å². The number of ether oxygens (including phenoxy) is 1. The van der Waals surface area contributed by atoms with Crippen LogP contribution in [0.1, 0.15) is 28.7 Å². The quantitative estimate of drug-likeness (QED) is 0.220. The molecule has 4 atom stereocenters. The number of aliphatic hydroxyl groups is 2. The Balaban J connectivity index is 1.36. The minimum Gasteiger partial charge on any atom is -0.508 e. The average molecular weight is 589 g/mol. The number of hydrogen-bond donors (Lipinski definition) is 4. The molecule has 44 heavy (non-hydrogen) atoms. The first-order chi connectivity index (χ1) is 21.4. The molecule has 7 heteroatoms. The molecule has 1 amide bonds. The number of phenolic OH excluding ortho intramolecular Hbond substituents is 1. The van der Waals surface area contributed by atoms with E-state index in [0.717, 1.165) is 27.6 Å². The van der Waals surface area contributed by atoms with Crippen molar-refractivity contribution in [2.45, 2.75) is 30.0 Å². The number of H-pyrrole nitrogens is 1. The fraction of sp³-hybridized carbons (Fsp3) is 0.270. The van der Waals surface area contributed by atoms with Crippen molar-refractivity contribution in [2.75, 3.05) is 20.2 Å². The maximum absolute atomic E-state index is 14.1. The largest absolute Gasteiger partial charge is 0.508 e. The van der Waals surface area contributed by atoms with E-state index >= 15 is 0 Å². The second kappa shape index (κ2) is 10.8. The molecule has 7 rings (SSSR count). The number of methoxy groups -OCH3 is 1. The van der Waals surface area contributed by atoms with Gasteiger partial charge in [-0.15, -0.1) is 0 Å². The Bertz CT molecular complexity index is 1760. The Kier molecular flexibility index (Phi) is 6.95. The summed E-state index contributed by atoms with van der Waals surface area (Å²) in [5.41, 5.74) is 1.94. The molecule has 1 aromatic heterocycles. The van der Waals surface area contributed by atoms with Crippen molar-refractivity contribution in [1.82, 2.24) is 9.88 Å². The third-order valence-corrected chi connectivity index (χ3v) is 10.1. The predicted molar refractivity (Wildman–Crippen MR) is 168 cm³/mol. The molecular weight excluding hydrogens is 552 g/mol. The van der Waals surface area contributed by atoms with Crippen LogP contribution in [0.15, 0.2) is 109 Å². The van der Waals surface area contributed by atoms with E-state index in [1.165, 1.54) is 0 Å². The van der Waals surface area contributed by atoms with Crippen LogP contribution in [0.5, 0.6) is 11.5 Å². The Morgan fingerprint density at radius 1 is 0.909 bits per heavy atom. The lowest BCUT2D eigenvalue weighted by molar-refractivity contribution is -0.168. The van der Waals surface area contributed by atoms with E-state index in [1.54, 1.807) is 31.4 Å². The number of para-hydroxylation sites is 1. The summed E-state index contributed by atoms with van der Waals surface area (Å²) >= 11 is 0. The molecule has 1 saturated carbocycles. The summed E-state index contributed by atoms with van der Waals surface area (Å²) in [5.74, 6) is -0.150. The third-order valence-electron chi connectivity index (χ3n) is 10.1. The van der Waals surface area contributed by atoms with Crippen LogP contribution in [0.2, 0.25) is 0 Å². The Morgan fingerprint density at radius 3 is 2.23 bits per heavy atom. The maximum Gasteiger partial charge on any atom is 0.227 e. The number of carbonyl (C=O) groups excluding carboxylic acids is 1. The van der Waals surface area contributed by atoms with Gasteiger partial charge in [-0.1, -0.05) is 78.9 Å².